The number of hydrogen-bond acceptors (Lipinski definition) is 3. The fourth-order valence-corrected chi connectivity index (χ4v) is 2.40. The lowest BCUT2D eigenvalue weighted by Gasteiger charge is -2.17. The molecule has 0 saturated carbocycles. The maximum absolute atomic E-state index is 12.2. The molecule has 1 amide bonds. The summed E-state index contributed by atoms with van der Waals surface area (Å²) in [7, 11) is 3.20. The van der Waals surface area contributed by atoms with Crippen LogP contribution in [0.5, 0.6) is 5.75 Å². The molecule has 4 nitrogen and oxygen atoms in total. The molecule has 6 heteroatoms. The number of nitrogens with one attached hydrogen (secondary N) is 1. The molecule has 0 aliphatic rings. The summed E-state index contributed by atoms with van der Waals surface area (Å²) >= 11 is 11.8. The second-order valence-electron chi connectivity index (χ2n) is 4.84. The van der Waals surface area contributed by atoms with Crippen LogP contribution in [-0.2, 0) is 4.74 Å². The van der Waals surface area contributed by atoms with Gasteiger partial charge in [0.05, 0.1) is 23.3 Å². The summed E-state index contributed by atoms with van der Waals surface area (Å²) in [5.74, 6) is 0.494. The normalized spacial score (nSPS) is 11.8. The Morgan fingerprint density at radius 1 is 1.13 bits per heavy atom. The van der Waals surface area contributed by atoms with E-state index in [9.17, 15) is 4.79 Å². The van der Waals surface area contributed by atoms with Crippen molar-refractivity contribution in [3.63, 3.8) is 0 Å². The second-order valence-corrected chi connectivity index (χ2v) is 5.65. The summed E-state index contributed by atoms with van der Waals surface area (Å²) in [6.07, 6.45) is -0.281. The van der Waals surface area contributed by atoms with Gasteiger partial charge in [0.1, 0.15) is 5.75 Å². The average Bonchev–Trinajstić information content (AvgIpc) is 2.58. The molecule has 2 rings (SSSR count). The van der Waals surface area contributed by atoms with E-state index in [1.54, 1.807) is 26.4 Å². The molecule has 0 aromatic heterocycles. The predicted octanol–water partition coefficient (Wildman–Crippen LogP) is 4.12. The number of ether oxygens (including phenoxy) is 2. The average molecular weight is 354 g/mol. The highest BCUT2D eigenvalue weighted by atomic mass is 35.5. The van der Waals surface area contributed by atoms with E-state index in [0.29, 0.717) is 22.2 Å². The lowest BCUT2D eigenvalue weighted by molar-refractivity contribution is 0.0827. The summed E-state index contributed by atoms with van der Waals surface area (Å²) in [6.45, 7) is 0.322. The van der Waals surface area contributed by atoms with Gasteiger partial charge < -0.3 is 14.8 Å². The molecule has 0 spiro atoms. The highest BCUT2D eigenvalue weighted by Crippen LogP contribution is 2.23. The number of carbonyl (C=O) groups excluding carboxylic acids is 1. The quantitative estimate of drug-likeness (QED) is 0.849. The summed E-state index contributed by atoms with van der Waals surface area (Å²) in [4.78, 5) is 12.2. The summed E-state index contributed by atoms with van der Waals surface area (Å²) in [6, 6.07) is 12.3. The Morgan fingerprint density at radius 2 is 1.91 bits per heavy atom. The molecule has 0 fully saturated rings. The summed E-state index contributed by atoms with van der Waals surface area (Å²) in [5.41, 5.74) is 1.36. The molecular weight excluding hydrogens is 337 g/mol. The van der Waals surface area contributed by atoms with E-state index in [1.165, 1.54) is 6.07 Å². The Bertz CT molecular complexity index is 691. The van der Waals surface area contributed by atoms with Crippen molar-refractivity contribution >= 4 is 29.1 Å². The van der Waals surface area contributed by atoms with Crippen LogP contribution in [0.2, 0.25) is 10.0 Å². The fraction of sp³-hybridized carbons (Fsp3) is 0.235. The second kappa shape index (κ2) is 8.20. The zero-order valence-corrected chi connectivity index (χ0v) is 14.3. The number of carbonyl (C=O) groups is 1. The number of methoxy groups -OCH3 is 2. The first-order chi connectivity index (χ1) is 11.0. The Kier molecular flexibility index (Phi) is 6.28. The minimum atomic E-state index is -0.281. The van der Waals surface area contributed by atoms with Crippen molar-refractivity contribution < 1.29 is 14.3 Å². The number of amides is 1. The molecule has 0 saturated heterocycles. The molecular formula is C17H17Cl2NO3. The van der Waals surface area contributed by atoms with Crippen LogP contribution in [-0.4, -0.2) is 26.7 Å². The predicted molar refractivity (Wildman–Crippen MR) is 91.5 cm³/mol. The van der Waals surface area contributed by atoms with Crippen LogP contribution in [0, 0.1) is 0 Å². The Hall–Kier alpha value is -1.75. The lowest BCUT2D eigenvalue weighted by atomic mass is 10.1. The first-order valence-electron chi connectivity index (χ1n) is 6.95. The highest BCUT2D eigenvalue weighted by Gasteiger charge is 2.14. The molecule has 0 heterocycles. The van der Waals surface area contributed by atoms with E-state index in [1.807, 2.05) is 24.3 Å². The third-order valence-electron chi connectivity index (χ3n) is 3.38. The van der Waals surface area contributed by atoms with Gasteiger partial charge in [0.25, 0.3) is 5.91 Å². The van der Waals surface area contributed by atoms with Gasteiger partial charge in [-0.25, -0.2) is 0 Å². The van der Waals surface area contributed by atoms with Crippen LogP contribution in [0.1, 0.15) is 22.0 Å². The van der Waals surface area contributed by atoms with E-state index in [0.717, 1.165) is 11.3 Å². The molecule has 1 N–H and O–H groups in total. The molecule has 0 radical (unpaired) electrons. The number of rotatable bonds is 6. The van der Waals surface area contributed by atoms with Gasteiger partial charge in [0, 0.05) is 19.2 Å². The third-order valence-corrected chi connectivity index (χ3v) is 4.12. The standard InChI is InChI=1S/C17H17Cl2NO3/c1-22-13-5-3-4-11(8-13)16(23-2)10-20-17(21)12-6-7-14(18)15(19)9-12/h3-9,16H,10H2,1-2H3,(H,20,21). The highest BCUT2D eigenvalue weighted by molar-refractivity contribution is 6.42. The molecule has 23 heavy (non-hydrogen) atoms. The van der Waals surface area contributed by atoms with Crippen molar-refractivity contribution in [2.24, 2.45) is 0 Å². The SMILES string of the molecule is COc1cccc(C(CNC(=O)c2ccc(Cl)c(Cl)c2)OC)c1. The maximum Gasteiger partial charge on any atom is 0.251 e. The lowest BCUT2D eigenvalue weighted by Crippen LogP contribution is -2.29. The Labute approximate surface area is 145 Å². The zero-order chi connectivity index (χ0) is 16.8. The van der Waals surface area contributed by atoms with Gasteiger partial charge in [-0.2, -0.15) is 0 Å². The van der Waals surface area contributed by atoms with Gasteiger partial charge in [-0.3, -0.25) is 4.79 Å². The van der Waals surface area contributed by atoms with Crippen LogP contribution in [0.3, 0.4) is 0 Å². The Morgan fingerprint density at radius 3 is 2.57 bits per heavy atom. The number of halogens is 2. The van der Waals surface area contributed by atoms with Gasteiger partial charge in [-0.1, -0.05) is 35.3 Å². The molecule has 2 aromatic carbocycles. The molecule has 0 bridgehead atoms. The van der Waals surface area contributed by atoms with Crippen LogP contribution in [0.15, 0.2) is 42.5 Å². The van der Waals surface area contributed by atoms with E-state index in [4.69, 9.17) is 32.7 Å². The Balaban J connectivity index is 2.04. The van der Waals surface area contributed by atoms with Crippen LogP contribution < -0.4 is 10.1 Å². The van der Waals surface area contributed by atoms with Crippen LogP contribution in [0.25, 0.3) is 0 Å². The monoisotopic (exact) mass is 353 g/mol. The number of benzene rings is 2. The van der Waals surface area contributed by atoms with Gasteiger partial charge in [-0.15, -0.1) is 0 Å². The van der Waals surface area contributed by atoms with Crippen molar-refractivity contribution in [2.45, 2.75) is 6.10 Å². The van der Waals surface area contributed by atoms with Gasteiger partial charge in [0.2, 0.25) is 0 Å². The van der Waals surface area contributed by atoms with E-state index < -0.39 is 0 Å². The third kappa shape index (κ3) is 4.61. The van der Waals surface area contributed by atoms with E-state index >= 15 is 0 Å². The first-order valence-corrected chi connectivity index (χ1v) is 7.70. The van der Waals surface area contributed by atoms with E-state index in [-0.39, 0.29) is 12.0 Å². The van der Waals surface area contributed by atoms with Crippen molar-refractivity contribution in [2.75, 3.05) is 20.8 Å². The van der Waals surface area contributed by atoms with Crippen molar-refractivity contribution in [3.8, 4) is 5.75 Å². The van der Waals surface area contributed by atoms with Crippen LogP contribution in [0.4, 0.5) is 0 Å². The fourth-order valence-electron chi connectivity index (χ4n) is 2.10. The maximum atomic E-state index is 12.2. The van der Waals surface area contributed by atoms with Crippen molar-refractivity contribution in [1.82, 2.24) is 5.32 Å². The summed E-state index contributed by atoms with van der Waals surface area (Å²) < 4.78 is 10.6. The topological polar surface area (TPSA) is 47.6 Å². The largest absolute Gasteiger partial charge is 0.497 e. The minimum Gasteiger partial charge on any atom is -0.497 e. The summed E-state index contributed by atoms with van der Waals surface area (Å²) in [5, 5.41) is 3.58. The van der Waals surface area contributed by atoms with Gasteiger partial charge in [-0.05, 0) is 35.9 Å². The molecule has 122 valence electrons. The smallest absolute Gasteiger partial charge is 0.251 e. The zero-order valence-electron chi connectivity index (χ0n) is 12.8. The van der Waals surface area contributed by atoms with E-state index in [2.05, 4.69) is 5.32 Å². The first kappa shape index (κ1) is 17.6. The molecule has 1 atom stereocenters. The van der Waals surface area contributed by atoms with Crippen molar-refractivity contribution in [1.29, 1.82) is 0 Å². The van der Waals surface area contributed by atoms with Crippen molar-refractivity contribution in [3.05, 3.63) is 63.6 Å². The van der Waals surface area contributed by atoms with Gasteiger partial charge in [0.15, 0.2) is 0 Å². The minimum absolute atomic E-state index is 0.242. The van der Waals surface area contributed by atoms with Gasteiger partial charge >= 0.3 is 0 Å². The molecule has 1 unspecified atom stereocenters. The van der Waals surface area contributed by atoms with Crippen LogP contribution >= 0.6 is 23.2 Å². The number of hydrogen-bond donors (Lipinski definition) is 1. The molecule has 2 aromatic rings. The molecule has 0 aliphatic heterocycles. The molecule has 0 aliphatic carbocycles.